The number of hydrogen-bond donors (Lipinski definition) is 1. The topological polar surface area (TPSA) is 63.0 Å². The van der Waals surface area contributed by atoms with Gasteiger partial charge in [0.2, 0.25) is 0 Å². The van der Waals surface area contributed by atoms with Crippen LogP contribution in [-0.2, 0) is 6.42 Å². The fraction of sp³-hybridized carbons (Fsp3) is 0.500. The van der Waals surface area contributed by atoms with Gasteiger partial charge in [-0.1, -0.05) is 0 Å². The maximum atomic E-state index is 11.3. The second kappa shape index (κ2) is 3.59. The minimum atomic E-state index is -0.311. The van der Waals surface area contributed by atoms with Crippen molar-refractivity contribution in [1.82, 2.24) is 19.8 Å². The first kappa shape index (κ1) is 9.84. The van der Waals surface area contributed by atoms with Crippen molar-refractivity contribution in [3.63, 3.8) is 0 Å². The Morgan fingerprint density at radius 1 is 1.56 bits per heavy atom. The predicted molar refractivity (Wildman–Crippen MR) is 59.7 cm³/mol. The lowest BCUT2D eigenvalue weighted by Gasteiger charge is -2.06. The Kier molecular flexibility index (Phi) is 2.21. The number of nitrogens with zero attached hydrogens (tertiary/aromatic N) is 3. The molecule has 1 aliphatic carbocycles. The zero-order valence-electron chi connectivity index (χ0n) is 8.56. The number of halogens is 1. The number of nitrogens with one attached hydrogen (secondary N) is 1. The van der Waals surface area contributed by atoms with Crippen LogP contribution in [0.5, 0.6) is 0 Å². The number of rotatable bonds is 3. The molecule has 1 N–H and O–H groups in total. The summed E-state index contributed by atoms with van der Waals surface area (Å²) in [5.41, 5.74) is 1.06. The SMILES string of the molecule is O=c1[nH]nc2ccc(CC(Cl)C3CC3)nn12. The van der Waals surface area contributed by atoms with Crippen molar-refractivity contribution in [2.75, 3.05) is 0 Å². The Morgan fingerprint density at radius 2 is 2.38 bits per heavy atom. The third-order valence-electron chi connectivity index (χ3n) is 2.87. The number of H-pyrrole nitrogens is 1. The van der Waals surface area contributed by atoms with Crippen LogP contribution >= 0.6 is 11.6 Å². The Hall–Kier alpha value is -1.36. The summed E-state index contributed by atoms with van der Waals surface area (Å²) in [5.74, 6) is 0.625. The molecule has 0 spiro atoms. The second-order valence-electron chi connectivity index (χ2n) is 4.18. The van der Waals surface area contributed by atoms with Gasteiger partial charge in [-0.3, -0.25) is 0 Å². The van der Waals surface area contributed by atoms with Gasteiger partial charge in [0, 0.05) is 11.8 Å². The molecule has 0 bridgehead atoms. The molecule has 0 aromatic carbocycles. The summed E-state index contributed by atoms with van der Waals surface area (Å²) in [6.45, 7) is 0. The van der Waals surface area contributed by atoms with E-state index in [4.69, 9.17) is 11.6 Å². The lowest BCUT2D eigenvalue weighted by atomic mass is 10.1. The highest BCUT2D eigenvalue weighted by Crippen LogP contribution is 2.36. The van der Waals surface area contributed by atoms with E-state index < -0.39 is 0 Å². The third-order valence-corrected chi connectivity index (χ3v) is 3.38. The molecule has 1 atom stereocenters. The molecule has 84 valence electrons. The van der Waals surface area contributed by atoms with Crippen LogP contribution in [0.25, 0.3) is 5.65 Å². The summed E-state index contributed by atoms with van der Waals surface area (Å²) in [7, 11) is 0. The zero-order valence-corrected chi connectivity index (χ0v) is 9.31. The van der Waals surface area contributed by atoms with Crippen LogP contribution in [0, 0.1) is 5.92 Å². The van der Waals surface area contributed by atoms with E-state index in [1.54, 1.807) is 6.07 Å². The smallest absolute Gasteiger partial charge is 0.244 e. The van der Waals surface area contributed by atoms with Crippen molar-refractivity contribution in [1.29, 1.82) is 0 Å². The summed E-state index contributed by atoms with van der Waals surface area (Å²) < 4.78 is 1.27. The molecule has 0 aliphatic heterocycles. The van der Waals surface area contributed by atoms with Gasteiger partial charge in [-0.25, -0.2) is 9.89 Å². The van der Waals surface area contributed by atoms with Crippen molar-refractivity contribution >= 4 is 17.2 Å². The van der Waals surface area contributed by atoms with Crippen LogP contribution in [-0.4, -0.2) is 25.2 Å². The summed E-state index contributed by atoms with van der Waals surface area (Å²) >= 11 is 6.23. The van der Waals surface area contributed by atoms with Crippen molar-refractivity contribution in [2.24, 2.45) is 5.92 Å². The number of alkyl halides is 1. The highest BCUT2D eigenvalue weighted by molar-refractivity contribution is 6.21. The van der Waals surface area contributed by atoms with Gasteiger partial charge < -0.3 is 0 Å². The largest absolute Gasteiger partial charge is 0.364 e. The van der Waals surface area contributed by atoms with Crippen LogP contribution in [0.1, 0.15) is 18.5 Å². The van der Waals surface area contributed by atoms with Crippen molar-refractivity contribution in [3.05, 3.63) is 28.3 Å². The first-order valence-corrected chi connectivity index (χ1v) is 5.75. The molecular formula is C10H11ClN4O. The highest BCUT2D eigenvalue weighted by atomic mass is 35.5. The third kappa shape index (κ3) is 1.71. The van der Waals surface area contributed by atoms with Crippen molar-refractivity contribution in [3.8, 4) is 0 Å². The van der Waals surface area contributed by atoms with Crippen LogP contribution < -0.4 is 5.69 Å². The van der Waals surface area contributed by atoms with Gasteiger partial charge in [0.1, 0.15) is 0 Å². The molecule has 0 amide bonds. The van der Waals surface area contributed by atoms with Crippen LogP contribution in [0.3, 0.4) is 0 Å². The molecular weight excluding hydrogens is 228 g/mol. The molecule has 2 heterocycles. The Morgan fingerprint density at radius 3 is 3.12 bits per heavy atom. The van der Waals surface area contributed by atoms with E-state index in [0.29, 0.717) is 18.0 Å². The minimum Gasteiger partial charge on any atom is -0.244 e. The van der Waals surface area contributed by atoms with Gasteiger partial charge in [0.15, 0.2) is 5.65 Å². The molecule has 3 rings (SSSR count). The molecule has 5 nitrogen and oxygen atoms in total. The van der Waals surface area contributed by atoms with E-state index in [-0.39, 0.29) is 11.1 Å². The fourth-order valence-electron chi connectivity index (χ4n) is 1.77. The summed E-state index contributed by atoms with van der Waals surface area (Å²) in [6.07, 6.45) is 3.13. The highest BCUT2D eigenvalue weighted by Gasteiger charge is 2.30. The molecule has 1 unspecified atom stereocenters. The summed E-state index contributed by atoms with van der Waals surface area (Å²) in [4.78, 5) is 11.3. The lowest BCUT2D eigenvalue weighted by Crippen LogP contribution is -2.15. The first-order valence-electron chi connectivity index (χ1n) is 5.31. The van der Waals surface area contributed by atoms with E-state index >= 15 is 0 Å². The first-order chi connectivity index (χ1) is 7.74. The van der Waals surface area contributed by atoms with E-state index in [1.165, 1.54) is 17.4 Å². The Balaban J connectivity index is 1.91. The van der Waals surface area contributed by atoms with Gasteiger partial charge in [-0.15, -0.1) is 11.6 Å². The van der Waals surface area contributed by atoms with Gasteiger partial charge in [0.05, 0.1) is 5.69 Å². The van der Waals surface area contributed by atoms with Gasteiger partial charge in [-0.05, 0) is 30.9 Å². The fourth-order valence-corrected chi connectivity index (χ4v) is 2.18. The van der Waals surface area contributed by atoms with E-state index in [0.717, 1.165) is 5.69 Å². The second-order valence-corrected chi connectivity index (χ2v) is 4.74. The lowest BCUT2D eigenvalue weighted by molar-refractivity contribution is 0.703. The molecule has 0 saturated heterocycles. The number of hydrogen-bond acceptors (Lipinski definition) is 3. The van der Waals surface area contributed by atoms with Gasteiger partial charge in [-0.2, -0.15) is 14.7 Å². The number of fused-ring (bicyclic) bond motifs is 1. The molecule has 1 saturated carbocycles. The maximum Gasteiger partial charge on any atom is 0.364 e. The van der Waals surface area contributed by atoms with Crippen LogP contribution in [0.2, 0.25) is 0 Å². The molecule has 6 heteroatoms. The molecule has 2 aromatic heterocycles. The van der Waals surface area contributed by atoms with Crippen molar-refractivity contribution < 1.29 is 0 Å². The molecule has 1 aliphatic rings. The Labute approximate surface area is 96.4 Å². The van der Waals surface area contributed by atoms with E-state index in [2.05, 4.69) is 15.3 Å². The molecule has 16 heavy (non-hydrogen) atoms. The number of aromatic amines is 1. The van der Waals surface area contributed by atoms with Gasteiger partial charge in [0.25, 0.3) is 0 Å². The van der Waals surface area contributed by atoms with Crippen LogP contribution in [0.4, 0.5) is 0 Å². The van der Waals surface area contributed by atoms with Crippen LogP contribution in [0.15, 0.2) is 16.9 Å². The van der Waals surface area contributed by atoms with Crippen molar-refractivity contribution in [2.45, 2.75) is 24.6 Å². The number of aromatic nitrogens is 4. The summed E-state index contributed by atoms with van der Waals surface area (Å²) in [6, 6.07) is 3.64. The average Bonchev–Trinajstić information content (AvgIpc) is 3.06. The Bertz CT molecular complexity index is 571. The molecule has 0 radical (unpaired) electrons. The predicted octanol–water partition coefficient (Wildman–Crippen LogP) is 0.978. The quantitative estimate of drug-likeness (QED) is 0.811. The minimum absolute atomic E-state index is 0.132. The van der Waals surface area contributed by atoms with E-state index in [1.807, 2.05) is 6.07 Å². The maximum absolute atomic E-state index is 11.3. The summed E-state index contributed by atoms with van der Waals surface area (Å²) in [5, 5.41) is 10.5. The van der Waals surface area contributed by atoms with E-state index in [9.17, 15) is 4.79 Å². The molecule has 1 fully saturated rings. The zero-order chi connectivity index (χ0) is 11.1. The normalized spacial score (nSPS) is 17.8. The standard InChI is InChI=1S/C10H11ClN4O/c11-8(6-1-2-6)5-7-3-4-9-12-13-10(16)15(9)14-7/h3-4,6,8H,1-2,5H2,(H,13,16). The monoisotopic (exact) mass is 238 g/mol. The average molecular weight is 239 g/mol. The van der Waals surface area contributed by atoms with Gasteiger partial charge >= 0.3 is 5.69 Å². The molecule has 2 aromatic rings.